The zero-order chi connectivity index (χ0) is 16.1. The van der Waals surface area contributed by atoms with Crippen LogP contribution in [0.25, 0.3) is 0 Å². The van der Waals surface area contributed by atoms with Crippen LogP contribution in [0.4, 0.5) is 14.5 Å². The fourth-order valence-electron chi connectivity index (χ4n) is 1.63. The number of halogens is 3. The van der Waals surface area contributed by atoms with Gasteiger partial charge in [-0.25, -0.2) is 13.6 Å². The van der Waals surface area contributed by atoms with Gasteiger partial charge in [0.1, 0.15) is 11.6 Å². The second-order valence-corrected chi connectivity index (χ2v) is 4.67. The number of anilines is 1. The Labute approximate surface area is 129 Å². The van der Waals surface area contributed by atoms with Crippen LogP contribution in [-0.2, 0) is 9.53 Å². The van der Waals surface area contributed by atoms with Crippen molar-refractivity contribution in [1.29, 1.82) is 0 Å². The summed E-state index contributed by atoms with van der Waals surface area (Å²) in [7, 11) is 0. The van der Waals surface area contributed by atoms with Crippen LogP contribution in [0.1, 0.15) is 10.4 Å². The lowest BCUT2D eigenvalue weighted by Gasteiger charge is -2.08. The summed E-state index contributed by atoms with van der Waals surface area (Å²) in [4.78, 5) is 23.3. The Hall–Kier alpha value is -2.47. The van der Waals surface area contributed by atoms with Gasteiger partial charge >= 0.3 is 5.97 Å². The molecule has 1 N–H and O–H groups in total. The lowest BCUT2D eigenvalue weighted by molar-refractivity contribution is -0.119. The zero-order valence-electron chi connectivity index (χ0n) is 11.1. The number of ether oxygens (including phenoxy) is 1. The fourth-order valence-corrected chi connectivity index (χ4v) is 1.82. The summed E-state index contributed by atoms with van der Waals surface area (Å²) in [6.07, 6.45) is 0. The van der Waals surface area contributed by atoms with Gasteiger partial charge in [0, 0.05) is 6.07 Å². The predicted molar refractivity (Wildman–Crippen MR) is 76.7 cm³/mol. The fraction of sp³-hybridized carbons (Fsp3) is 0.0667. The van der Waals surface area contributed by atoms with Gasteiger partial charge in [0.15, 0.2) is 6.61 Å². The van der Waals surface area contributed by atoms with Crippen LogP contribution >= 0.6 is 11.6 Å². The average molecular weight is 326 g/mol. The minimum absolute atomic E-state index is 0.317. The van der Waals surface area contributed by atoms with Gasteiger partial charge in [0.25, 0.3) is 5.91 Å². The van der Waals surface area contributed by atoms with Gasteiger partial charge in [0.05, 0.1) is 16.3 Å². The second-order valence-electron chi connectivity index (χ2n) is 4.26. The number of para-hydroxylation sites is 1. The molecule has 7 heteroatoms. The number of rotatable bonds is 4. The largest absolute Gasteiger partial charge is 0.452 e. The molecular weight excluding hydrogens is 316 g/mol. The van der Waals surface area contributed by atoms with Crippen molar-refractivity contribution >= 4 is 29.2 Å². The normalized spacial score (nSPS) is 10.1. The summed E-state index contributed by atoms with van der Waals surface area (Å²) in [5, 5.41) is 2.77. The maximum Gasteiger partial charge on any atom is 0.338 e. The Bertz CT molecular complexity index is 701. The first-order chi connectivity index (χ1) is 10.5. The van der Waals surface area contributed by atoms with E-state index in [4.69, 9.17) is 11.6 Å². The van der Waals surface area contributed by atoms with Crippen LogP contribution < -0.4 is 5.32 Å². The Morgan fingerprint density at radius 2 is 1.73 bits per heavy atom. The van der Waals surface area contributed by atoms with E-state index in [1.807, 2.05) is 0 Å². The van der Waals surface area contributed by atoms with Crippen LogP contribution in [0, 0.1) is 11.6 Å². The molecule has 4 nitrogen and oxygen atoms in total. The van der Waals surface area contributed by atoms with Gasteiger partial charge in [-0.2, -0.15) is 0 Å². The molecule has 114 valence electrons. The quantitative estimate of drug-likeness (QED) is 0.876. The molecule has 2 rings (SSSR count). The van der Waals surface area contributed by atoms with Crippen molar-refractivity contribution in [3.05, 3.63) is 64.7 Å². The summed E-state index contributed by atoms with van der Waals surface area (Å²) in [6, 6.07) is 8.78. The van der Waals surface area contributed by atoms with Crippen molar-refractivity contribution in [2.75, 3.05) is 11.9 Å². The molecule has 22 heavy (non-hydrogen) atoms. The topological polar surface area (TPSA) is 55.4 Å². The van der Waals surface area contributed by atoms with Crippen molar-refractivity contribution in [3.63, 3.8) is 0 Å². The van der Waals surface area contributed by atoms with Crippen molar-refractivity contribution in [2.24, 2.45) is 0 Å². The third-order valence-electron chi connectivity index (χ3n) is 2.58. The van der Waals surface area contributed by atoms with Gasteiger partial charge in [-0.1, -0.05) is 23.7 Å². The zero-order valence-corrected chi connectivity index (χ0v) is 11.9. The van der Waals surface area contributed by atoms with Crippen molar-refractivity contribution in [3.8, 4) is 0 Å². The first-order valence-electron chi connectivity index (χ1n) is 6.13. The number of benzene rings is 2. The van der Waals surface area contributed by atoms with E-state index >= 15 is 0 Å². The van der Waals surface area contributed by atoms with E-state index in [1.54, 1.807) is 24.3 Å². The number of hydrogen-bond acceptors (Lipinski definition) is 3. The highest BCUT2D eigenvalue weighted by molar-refractivity contribution is 6.33. The molecular formula is C15H10ClF2NO3. The Morgan fingerprint density at radius 3 is 2.36 bits per heavy atom. The number of carbonyl (C=O) groups excluding carboxylic acids is 2. The molecule has 0 unspecified atom stereocenters. The highest BCUT2D eigenvalue weighted by atomic mass is 35.5. The van der Waals surface area contributed by atoms with Crippen LogP contribution in [-0.4, -0.2) is 18.5 Å². The molecule has 0 bridgehead atoms. The van der Waals surface area contributed by atoms with Crippen LogP contribution in [0.15, 0.2) is 42.5 Å². The molecule has 2 aromatic carbocycles. The standard InChI is InChI=1S/C15H10ClF2NO3/c16-12-3-1-2-4-13(12)19-14(20)8-22-15(21)9-5-10(17)7-11(18)6-9/h1-7H,8H2,(H,19,20). The lowest BCUT2D eigenvalue weighted by atomic mass is 10.2. The second kappa shape index (κ2) is 7.00. The molecule has 2 aromatic rings. The van der Waals surface area contributed by atoms with E-state index in [0.29, 0.717) is 16.8 Å². The van der Waals surface area contributed by atoms with E-state index in [-0.39, 0.29) is 5.56 Å². The summed E-state index contributed by atoms with van der Waals surface area (Å²) >= 11 is 5.86. The van der Waals surface area contributed by atoms with Crippen molar-refractivity contribution in [2.45, 2.75) is 0 Å². The highest BCUT2D eigenvalue weighted by Crippen LogP contribution is 2.20. The van der Waals surface area contributed by atoms with Crippen LogP contribution in [0.3, 0.4) is 0 Å². The monoisotopic (exact) mass is 325 g/mol. The third kappa shape index (κ3) is 4.26. The molecule has 0 aliphatic rings. The molecule has 0 heterocycles. The molecule has 0 saturated carbocycles. The molecule has 0 radical (unpaired) electrons. The number of amides is 1. The van der Waals surface area contributed by atoms with Crippen LogP contribution in [0.5, 0.6) is 0 Å². The van der Waals surface area contributed by atoms with E-state index in [2.05, 4.69) is 10.1 Å². The molecule has 0 atom stereocenters. The van der Waals surface area contributed by atoms with Crippen molar-refractivity contribution < 1.29 is 23.1 Å². The minimum atomic E-state index is -1.01. The molecule has 0 aliphatic carbocycles. The SMILES string of the molecule is O=C(COC(=O)c1cc(F)cc(F)c1)Nc1ccccc1Cl. The molecule has 0 saturated heterocycles. The number of esters is 1. The minimum Gasteiger partial charge on any atom is -0.452 e. The first kappa shape index (κ1) is 15.9. The first-order valence-corrected chi connectivity index (χ1v) is 6.51. The number of carbonyl (C=O) groups is 2. The van der Waals surface area contributed by atoms with Gasteiger partial charge in [-0.15, -0.1) is 0 Å². The molecule has 1 amide bonds. The summed E-state index contributed by atoms with van der Waals surface area (Å²) in [5.74, 6) is -3.45. The maximum absolute atomic E-state index is 13.0. The smallest absolute Gasteiger partial charge is 0.338 e. The van der Waals surface area contributed by atoms with Gasteiger partial charge in [-0.3, -0.25) is 4.79 Å². The van der Waals surface area contributed by atoms with Crippen LogP contribution in [0.2, 0.25) is 5.02 Å². The molecule has 0 spiro atoms. The molecule has 0 fully saturated rings. The average Bonchev–Trinajstić information content (AvgIpc) is 2.46. The van der Waals surface area contributed by atoms with E-state index < -0.39 is 30.1 Å². The third-order valence-corrected chi connectivity index (χ3v) is 2.91. The van der Waals surface area contributed by atoms with E-state index in [9.17, 15) is 18.4 Å². The van der Waals surface area contributed by atoms with Crippen molar-refractivity contribution in [1.82, 2.24) is 0 Å². The van der Waals surface area contributed by atoms with E-state index in [1.165, 1.54) is 0 Å². The molecule has 0 aliphatic heterocycles. The number of nitrogens with one attached hydrogen (secondary N) is 1. The lowest BCUT2D eigenvalue weighted by Crippen LogP contribution is -2.21. The van der Waals surface area contributed by atoms with E-state index in [0.717, 1.165) is 12.1 Å². The Morgan fingerprint density at radius 1 is 1.09 bits per heavy atom. The molecule has 0 aromatic heterocycles. The Kier molecular flexibility index (Phi) is 5.06. The van der Waals surface area contributed by atoms with Gasteiger partial charge < -0.3 is 10.1 Å². The number of hydrogen-bond donors (Lipinski definition) is 1. The van der Waals surface area contributed by atoms with Gasteiger partial charge in [-0.05, 0) is 24.3 Å². The highest BCUT2D eigenvalue weighted by Gasteiger charge is 2.13. The maximum atomic E-state index is 13.0. The summed E-state index contributed by atoms with van der Waals surface area (Å²) in [6.45, 7) is -0.609. The predicted octanol–water partition coefficient (Wildman–Crippen LogP) is 3.41. The van der Waals surface area contributed by atoms with Gasteiger partial charge in [0.2, 0.25) is 0 Å². The summed E-state index contributed by atoms with van der Waals surface area (Å²) < 4.78 is 30.6. The Balaban J connectivity index is 1.93. The summed E-state index contributed by atoms with van der Waals surface area (Å²) in [5.41, 5.74) is 0.0464.